The Hall–Kier alpha value is -2.70. The molecule has 0 bridgehead atoms. The molecule has 1 aromatic carbocycles. The first-order valence-corrected chi connectivity index (χ1v) is 5.78. The predicted octanol–water partition coefficient (Wildman–Crippen LogP) is 1.55. The summed E-state index contributed by atoms with van der Waals surface area (Å²) in [5, 5.41) is 0. The van der Waals surface area contributed by atoms with Gasteiger partial charge < -0.3 is 9.47 Å². The van der Waals surface area contributed by atoms with Gasteiger partial charge in [-0.15, -0.1) is 0 Å². The Morgan fingerprint density at radius 3 is 2.10 bits per heavy atom. The van der Waals surface area contributed by atoms with Gasteiger partial charge in [-0.25, -0.2) is 4.98 Å². The van der Waals surface area contributed by atoms with Gasteiger partial charge in [0, 0.05) is 20.8 Å². The van der Waals surface area contributed by atoms with Gasteiger partial charge in [-0.05, 0) is 12.1 Å². The first-order valence-electron chi connectivity index (χ1n) is 5.78. The van der Waals surface area contributed by atoms with Crippen molar-refractivity contribution in [3.8, 4) is 11.5 Å². The van der Waals surface area contributed by atoms with Crippen molar-refractivity contribution in [3.05, 3.63) is 18.5 Å². The summed E-state index contributed by atoms with van der Waals surface area (Å²) in [6.07, 6.45) is 1.28. The zero-order valence-corrected chi connectivity index (χ0v) is 11.2. The van der Waals surface area contributed by atoms with E-state index in [1.54, 1.807) is 0 Å². The molecule has 0 unspecified atom stereocenters. The highest BCUT2D eigenvalue weighted by Gasteiger charge is 2.18. The zero-order valence-electron chi connectivity index (χ0n) is 11.2. The number of hydrogen-bond donors (Lipinski definition) is 0. The minimum absolute atomic E-state index is 0.177. The molecule has 104 valence electrons. The predicted molar refractivity (Wildman–Crippen MR) is 68.7 cm³/mol. The van der Waals surface area contributed by atoms with Crippen LogP contribution in [0.2, 0.25) is 0 Å². The molecule has 0 fully saturated rings. The quantitative estimate of drug-likeness (QED) is 0.610. The normalized spacial score (nSPS) is 10.3. The maximum atomic E-state index is 11.6. The second-order valence-corrected chi connectivity index (χ2v) is 4.08. The van der Waals surface area contributed by atoms with E-state index in [0.29, 0.717) is 0 Å². The van der Waals surface area contributed by atoms with Crippen LogP contribution in [0.3, 0.4) is 0 Å². The molecule has 0 atom stereocenters. The summed E-state index contributed by atoms with van der Waals surface area (Å²) in [7, 11) is 0. The van der Waals surface area contributed by atoms with Crippen molar-refractivity contribution in [1.82, 2.24) is 9.55 Å². The molecule has 7 heteroatoms. The summed E-state index contributed by atoms with van der Waals surface area (Å²) >= 11 is 0. The highest BCUT2D eigenvalue weighted by Crippen LogP contribution is 2.32. The summed E-state index contributed by atoms with van der Waals surface area (Å²) in [5.74, 6) is -0.966. The summed E-state index contributed by atoms with van der Waals surface area (Å²) in [6, 6.07) is 2.91. The fourth-order valence-corrected chi connectivity index (χ4v) is 1.79. The Kier molecular flexibility index (Phi) is 3.51. The largest absolute Gasteiger partial charge is 0.424 e. The minimum atomic E-state index is -0.525. The van der Waals surface area contributed by atoms with E-state index in [1.165, 1.54) is 43.8 Å². The lowest BCUT2D eigenvalue weighted by atomic mass is 10.2. The van der Waals surface area contributed by atoms with Gasteiger partial charge in [0.2, 0.25) is 5.91 Å². The molecule has 0 spiro atoms. The summed E-state index contributed by atoms with van der Waals surface area (Å²) in [4.78, 5) is 37.8. The average Bonchev–Trinajstić information content (AvgIpc) is 2.76. The van der Waals surface area contributed by atoms with Crippen LogP contribution < -0.4 is 9.47 Å². The Balaban J connectivity index is 2.69. The molecule has 2 aromatic rings. The Morgan fingerprint density at radius 2 is 1.55 bits per heavy atom. The van der Waals surface area contributed by atoms with Crippen LogP contribution in [0.15, 0.2) is 18.5 Å². The van der Waals surface area contributed by atoms with Crippen LogP contribution >= 0.6 is 0 Å². The molecular formula is C13H12N2O5. The van der Waals surface area contributed by atoms with E-state index in [9.17, 15) is 14.4 Å². The van der Waals surface area contributed by atoms with Gasteiger partial charge in [-0.1, -0.05) is 0 Å². The molecule has 0 aliphatic carbocycles. The molecule has 0 N–H and O–H groups in total. The van der Waals surface area contributed by atoms with Crippen molar-refractivity contribution in [2.45, 2.75) is 20.8 Å². The number of nitrogens with zero attached hydrogens (tertiary/aromatic N) is 2. The topological polar surface area (TPSA) is 87.5 Å². The van der Waals surface area contributed by atoms with Gasteiger partial charge in [-0.3, -0.25) is 19.0 Å². The van der Waals surface area contributed by atoms with E-state index in [0.717, 1.165) is 0 Å². The van der Waals surface area contributed by atoms with Gasteiger partial charge in [0.05, 0.1) is 0 Å². The first-order chi connectivity index (χ1) is 9.40. The molecule has 0 aliphatic rings. The van der Waals surface area contributed by atoms with Crippen LogP contribution in [-0.2, 0) is 9.59 Å². The second-order valence-electron chi connectivity index (χ2n) is 4.08. The SMILES string of the molecule is CC(=O)Oc1ccc(OC(C)=O)c2c1ncn2C(C)=O. The third-order valence-electron chi connectivity index (χ3n) is 2.47. The molecule has 20 heavy (non-hydrogen) atoms. The number of aromatic nitrogens is 2. The fourth-order valence-electron chi connectivity index (χ4n) is 1.79. The zero-order chi connectivity index (χ0) is 14.9. The van der Waals surface area contributed by atoms with E-state index >= 15 is 0 Å². The standard InChI is InChI=1S/C13H12N2O5/c1-7(16)15-6-14-12-10(19-8(2)17)4-5-11(13(12)15)20-9(3)18/h4-6H,1-3H3. The molecule has 0 saturated heterocycles. The fraction of sp³-hybridized carbons (Fsp3) is 0.231. The van der Waals surface area contributed by atoms with Crippen molar-refractivity contribution >= 4 is 28.9 Å². The molecule has 0 aliphatic heterocycles. The lowest BCUT2D eigenvalue weighted by molar-refractivity contribution is -0.132. The number of ether oxygens (including phenoxy) is 2. The highest BCUT2D eigenvalue weighted by atomic mass is 16.5. The number of fused-ring (bicyclic) bond motifs is 1. The maximum absolute atomic E-state index is 11.6. The molecule has 0 saturated carbocycles. The first kappa shape index (κ1) is 13.7. The van der Waals surface area contributed by atoms with Crippen molar-refractivity contribution in [1.29, 1.82) is 0 Å². The molecule has 1 heterocycles. The van der Waals surface area contributed by atoms with Gasteiger partial charge in [0.15, 0.2) is 11.5 Å². The number of benzene rings is 1. The summed E-state index contributed by atoms with van der Waals surface area (Å²) < 4.78 is 11.3. The molecule has 0 amide bonds. The van der Waals surface area contributed by atoms with E-state index < -0.39 is 11.9 Å². The summed E-state index contributed by atoms with van der Waals surface area (Å²) in [6.45, 7) is 3.85. The number of imidazole rings is 1. The maximum Gasteiger partial charge on any atom is 0.308 e. The van der Waals surface area contributed by atoms with E-state index in [2.05, 4.69) is 4.98 Å². The lowest BCUT2D eigenvalue weighted by Gasteiger charge is -2.08. The van der Waals surface area contributed by atoms with E-state index in [1.807, 2.05) is 0 Å². The van der Waals surface area contributed by atoms with Crippen molar-refractivity contribution in [2.24, 2.45) is 0 Å². The third kappa shape index (κ3) is 2.51. The molecule has 2 rings (SSSR count). The molecular weight excluding hydrogens is 264 g/mol. The number of hydrogen-bond acceptors (Lipinski definition) is 6. The number of carbonyl (C=O) groups is 3. The Bertz CT molecular complexity index is 717. The van der Waals surface area contributed by atoms with Gasteiger partial charge in [-0.2, -0.15) is 0 Å². The smallest absolute Gasteiger partial charge is 0.308 e. The van der Waals surface area contributed by atoms with E-state index in [-0.39, 0.29) is 28.4 Å². The lowest BCUT2D eigenvalue weighted by Crippen LogP contribution is -2.08. The van der Waals surface area contributed by atoms with Crippen LogP contribution in [0.4, 0.5) is 0 Å². The van der Waals surface area contributed by atoms with Crippen LogP contribution in [0.1, 0.15) is 25.6 Å². The monoisotopic (exact) mass is 276 g/mol. The van der Waals surface area contributed by atoms with Crippen molar-refractivity contribution < 1.29 is 23.9 Å². The van der Waals surface area contributed by atoms with Crippen LogP contribution in [0.5, 0.6) is 11.5 Å². The minimum Gasteiger partial charge on any atom is -0.424 e. The number of rotatable bonds is 2. The number of esters is 2. The van der Waals surface area contributed by atoms with Gasteiger partial charge in [0.1, 0.15) is 17.4 Å². The molecule has 0 radical (unpaired) electrons. The van der Waals surface area contributed by atoms with E-state index in [4.69, 9.17) is 9.47 Å². The van der Waals surface area contributed by atoms with Gasteiger partial charge >= 0.3 is 11.9 Å². The third-order valence-corrected chi connectivity index (χ3v) is 2.47. The average molecular weight is 276 g/mol. The van der Waals surface area contributed by atoms with Crippen molar-refractivity contribution in [2.75, 3.05) is 0 Å². The van der Waals surface area contributed by atoms with Crippen LogP contribution in [-0.4, -0.2) is 27.4 Å². The van der Waals surface area contributed by atoms with Crippen LogP contribution in [0, 0.1) is 0 Å². The Morgan fingerprint density at radius 1 is 1.00 bits per heavy atom. The van der Waals surface area contributed by atoms with Gasteiger partial charge in [0.25, 0.3) is 0 Å². The highest BCUT2D eigenvalue weighted by molar-refractivity contribution is 5.97. The second kappa shape index (κ2) is 5.12. The van der Waals surface area contributed by atoms with Crippen LogP contribution in [0.25, 0.3) is 11.0 Å². The number of carbonyl (C=O) groups excluding carboxylic acids is 3. The summed E-state index contributed by atoms with van der Waals surface area (Å²) in [5.41, 5.74) is 0.556. The Labute approximate surface area is 114 Å². The van der Waals surface area contributed by atoms with Crippen molar-refractivity contribution in [3.63, 3.8) is 0 Å². The molecule has 1 aromatic heterocycles. The molecule has 7 nitrogen and oxygen atoms in total.